The second-order valence-corrected chi connectivity index (χ2v) is 6.45. The number of hydrogen-bond donors (Lipinski definition) is 1. The molecule has 1 aromatic rings. The standard InChI is InChI=1S/C17H16ClNO5/c1-9(20)14-15(10(2)21)17(23-16(14,3)22)8-13(19-24-17)11-4-6-12(18)7-5-11/h4-7,22H,8H2,1-3H3/t16-,17+/m1/s1. The van der Waals surface area contributed by atoms with Gasteiger partial charge in [-0.25, -0.2) is 0 Å². The molecule has 1 N–H and O–H groups in total. The average molecular weight is 350 g/mol. The fraction of sp³-hybridized carbons (Fsp3) is 0.353. The van der Waals surface area contributed by atoms with E-state index in [0.29, 0.717) is 10.7 Å². The Bertz CT molecular complexity index is 794. The maximum Gasteiger partial charge on any atom is 0.275 e. The van der Waals surface area contributed by atoms with Crippen LogP contribution in [-0.2, 0) is 19.2 Å². The molecule has 24 heavy (non-hydrogen) atoms. The van der Waals surface area contributed by atoms with E-state index < -0.39 is 23.1 Å². The normalized spacial score (nSPS) is 29.0. The molecule has 126 valence electrons. The minimum atomic E-state index is -1.92. The molecule has 0 bridgehead atoms. The Labute approximate surface area is 143 Å². The van der Waals surface area contributed by atoms with Gasteiger partial charge in [0, 0.05) is 5.02 Å². The molecule has 0 saturated heterocycles. The summed E-state index contributed by atoms with van der Waals surface area (Å²) in [6, 6.07) is 6.94. The lowest BCUT2D eigenvalue weighted by Crippen LogP contribution is -2.39. The Balaban J connectivity index is 2.02. The molecule has 0 amide bonds. The van der Waals surface area contributed by atoms with Crippen LogP contribution in [-0.4, -0.2) is 34.0 Å². The molecule has 0 aromatic heterocycles. The highest BCUT2D eigenvalue weighted by atomic mass is 35.5. The molecular formula is C17H16ClNO5. The summed E-state index contributed by atoms with van der Waals surface area (Å²) < 4.78 is 5.60. The van der Waals surface area contributed by atoms with Gasteiger partial charge in [0.25, 0.3) is 5.79 Å². The van der Waals surface area contributed by atoms with E-state index in [2.05, 4.69) is 5.16 Å². The Morgan fingerprint density at radius 1 is 1.17 bits per heavy atom. The van der Waals surface area contributed by atoms with Crippen molar-refractivity contribution in [3.05, 3.63) is 46.0 Å². The van der Waals surface area contributed by atoms with Gasteiger partial charge in [0.05, 0.1) is 23.3 Å². The van der Waals surface area contributed by atoms with E-state index in [1.165, 1.54) is 20.8 Å². The quantitative estimate of drug-likeness (QED) is 0.905. The van der Waals surface area contributed by atoms with E-state index >= 15 is 0 Å². The first-order valence-electron chi connectivity index (χ1n) is 7.37. The zero-order valence-corrected chi connectivity index (χ0v) is 14.2. The second kappa shape index (κ2) is 5.51. The van der Waals surface area contributed by atoms with Crippen LogP contribution in [0.3, 0.4) is 0 Å². The van der Waals surface area contributed by atoms with E-state index in [-0.39, 0.29) is 17.6 Å². The summed E-state index contributed by atoms with van der Waals surface area (Å²) in [5.41, 5.74) is 1.19. The molecule has 0 saturated carbocycles. The van der Waals surface area contributed by atoms with Crippen molar-refractivity contribution in [1.29, 1.82) is 0 Å². The molecule has 7 heteroatoms. The zero-order valence-electron chi connectivity index (χ0n) is 13.4. The number of halogens is 1. The number of rotatable bonds is 3. The number of benzene rings is 1. The second-order valence-electron chi connectivity index (χ2n) is 6.01. The predicted octanol–water partition coefficient (Wildman–Crippen LogP) is 2.37. The molecule has 1 spiro atoms. The minimum absolute atomic E-state index is 0.00714. The largest absolute Gasteiger partial charge is 0.362 e. The van der Waals surface area contributed by atoms with Gasteiger partial charge in [-0.2, -0.15) is 0 Å². The number of Topliss-reactive ketones (excluding diaryl/α,β-unsaturated/α-hetero) is 2. The third-order valence-electron chi connectivity index (χ3n) is 4.04. The molecule has 2 aliphatic rings. The summed E-state index contributed by atoms with van der Waals surface area (Å²) in [7, 11) is 0. The zero-order chi connectivity index (χ0) is 17.7. The molecule has 6 nitrogen and oxygen atoms in total. The SMILES string of the molecule is CC(=O)C1=C(C(C)=O)[C@](C)(O)O[C@]12CC(c1ccc(Cl)cc1)=NO2. The van der Waals surface area contributed by atoms with Crippen molar-refractivity contribution < 1.29 is 24.3 Å². The number of aliphatic hydroxyl groups is 1. The Hall–Kier alpha value is -2.02. The van der Waals surface area contributed by atoms with Crippen LogP contribution >= 0.6 is 11.6 Å². The van der Waals surface area contributed by atoms with Crippen LogP contribution < -0.4 is 0 Å². The number of hydrogen-bond acceptors (Lipinski definition) is 6. The lowest BCUT2D eigenvalue weighted by Gasteiger charge is -2.26. The van der Waals surface area contributed by atoms with Crippen LogP contribution in [0.25, 0.3) is 0 Å². The minimum Gasteiger partial charge on any atom is -0.362 e. The van der Waals surface area contributed by atoms with Crippen molar-refractivity contribution in [2.45, 2.75) is 38.8 Å². The van der Waals surface area contributed by atoms with Crippen molar-refractivity contribution in [3.8, 4) is 0 Å². The molecule has 1 aromatic carbocycles. The first-order chi connectivity index (χ1) is 11.2. The van der Waals surface area contributed by atoms with E-state index in [9.17, 15) is 14.7 Å². The summed E-state index contributed by atoms with van der Waals surface area (Å²) >= 11 is 5.88. The van der Waals surface area contributed by atoms with Crippen LogP contribution in [0.2, 0.25) is 5.02 Å². The topological polar surface area (TPSA) is 85.2 Å². The molecule has 2 heterocycles. The molecule has 2 aliphatic heterocycles. The molecule has 0 fully saturated rings. The lowest BCUT2D eigenvalue weighted by molar-refractivity contribution is -0.281. The molecular weight excluding hydrogens is 334 g/mol. The van der Waals surface area contributed by atoms with Gasteiger partial charge in [0.15, 0.2) is 17.4 Å². The lowest BCUT2D eigenvalue weighted by atomic mass is 9.90. The summed E-state index contributed by atoms with van der Waals surface area (Å²) in [4.78, 5) is 29.5. The molecule has 2 atom stereocenters. The third-order valence-corrected chi connectivity index (χ3v) is 4.30. The van der Waals surface area contributed by atoms with Crippen molar-refractivity contribution in [2.24, 2.45) is 5.16 Å². The fourth-order valence-corrected chi connectivity index (χ4v) is 3.32. The van der Waals surface area contributed by atoms with Gasteiger partial charge in [-0.3, -0.25) is 14.3 Å². The van der Waals surface area contributed by atoms with E-state index in [1.807, 2.05) is 0 Å². The van der Waals surface area contributed by atoms with Crippen molar-refractivity contribution in [2.75, 3.05) is 0 Å². The number of carbonyl (C=O) groups excluding carboxylic acids is 2. The van der Waals surface area contributed by atoms with Crippen LogP contribution in [0.4, 0.5) is 0 Å². The molecule has 0 radical (unpaired) electrons. The van der Waals surface area contributed by atoms with Crippen molar-refractivity contribution in [3.63, 3.8) is 0 Å². The van der Waals surface area contributed by atoms with E-state index in [0.717, 1.165) is 5.56 Å². The number of ether oxygens (including phenoxy) is 1. The number of nitrogens with zero attached hydrogens (tertiary/aromatic N) is 1. The molecule has 3 rings (SSSR count). The number of ketones is 2. The highest BCUT2D eigenvalue weighted by Gasteiger charge is 2.60. The van der Waals surface area contributed by atoms with Gasteiger partial charge in [-0.1, -0.05) is 28.9 Å². The first-order valence-corrected chi connectivity index (χ1v) is 7.75. The van der Waals surface area contributed by atoms with E-state index in [4.69, 9.17) is 21.2 Å². The summed E-state index contributed by atoms with van der Waals surface area (Å²) in [6.45, 7) is 3.88. The number of carbonyl (C=O) groups is 2. The summed E-state index contributed by atoms with van der Waals surface area (Å²) in [5.74, 6) is -4.38. The number of oxime groups is 1. The highest BCUT2D eigenvalue weighted by molar-refractivity contribution is 6.30. The van der Waals surface area contributed by atoms with E-state index in [1.54, 1.807) is 24.3 Å². The monoisotopic (exact) mass is 349 g/mol. The summed E-state index contributed by atoms with van der Waals surface area (Å²) in [6.07, 6.45) is 0.0937. The Morgan fingerprint density at radius 3 is 2.29 bits per heavy atom. The smallest absolute Gasteiger partial charge is 0.275 e. The average Bonchev–Trinajstić information content (AvgIpc) is 2.98. The van der Waals surface area contributed by atoms with Crippen LogP contribution in [0.15, 0.2) is 40.6 Å². The molecule has 0 aliphatic carbocycles. The van der Waals surface area contributed by atoms with Crippen LogP contribution in [0, 0.1) is 0 Å². The Kier molecular flexibility index (Phi) is 3.86. The Morgan fingerprint density at radius 2 is 1.75 bits per heavy atom. The third kappa shape index (κ3) is 2.56. The van der Waals surface area contributed by atoms with Crippen molar-refractivity contribution >= 4 is 28.9 Å². The van der Waals surface area contributed by atoms with Gasteiger partial charge in [0.1, 0.15) is 0 Å². The maximum atomic E-state index is 12.1. The predicted molar refractivity (Wildman–Crippen MR) is 86.5 cm³/mol. The highest BCUT2D eigenvalue weighted by Crippen LogP contribution is 2.47. The van der Waals surface area contributed by atoms with Crippen LogP contribution in [0.1, 0.15) is 32.8 Å². The van der Waals surface area contributed by atoms with Crippen LogP contribution in [0.5, 0.6) is 0 Å². The van der Waals surface area contributed by atoms with Gasteiger partial charge >= 0.3 is 0 Å². The van der Waals surface area contributed by atoms with Gasteiger partial charge < -0.3 is 9.94 Å². The van der Waals surface area contributed by atoms with Gasteiger partial charge in [0.2, 0.25) is 0 Å². The molecule has 0 unspecified atom stereocenters. The summed E-state index contributed by atoms with van der Waals surface area (Å²) in [5, 5.41) is 15.0. The fourth-order valence-electron chi connectivity index (χ4n) is 3.19. The van der Waals surface area contributed by atoms with Gasteiger partial charge in [-0.05, 0) is 38.5 Å². The van der Waals surface area contributed by atoms with Crippen molar-refractivity contribution in [1.82, 2.24) is 0 Å². The maximum absolute atomic E-state index is 12.1. The van der Waals surface area contributed by atoms with Gasteiger partial charge in [-0.15, -0.1) is 0 Å². The first kappa shape index (κ1) is 16.8.